The van der Waals surface area contributed by atoms with Crippen LogP contribution in [0.15, 0.2) is 40.5 Å². The van der Waals surface area contributed by atoms with Crippen molar-refractivity contribution in [3.05, 3.63) is 56.6 Å². The zero-order valence-corrected chi connectivity index (χ0v) is 13.5. The van der Waals surface area contributed by atoms with E-state index in [0.29, 0.717) is 5.92 Å². The Bertz CT molecular complexity index is 649. The van der Waals surface area contributed by atoms with E-state index < -0.39 is 6.09 Å². The number of ether oxygens (including phenoxy) is 1. The molecule has 2 rings (SSSR count). The van der Waals surface area contributed by atoms with Crippen LogP contribution in [0, 0.1) is 5.92 Å². The first kappa shape index (κ1) is 16.3. The molecule has 0 radical (unpaired) electrons. The van der Waals surface area contributed by atoms with Crippen LogP contribution in [0.2, 0.25) is 0 Å². The highest BCUT2D eigenvalue weighted by atomic mass is 32.1. The zero-order valence-electron chi connectivity index (χ0n) is 12.7. The predicted octanol–water partition coefficient (Wildman–Crippen LogP) is 3.45. The molecule has 5 nitrogen and oxygen atoms in total. The van der Waals surface area contributed by atoms with Crippen LogP contribution < -0.4 is 10.2 Å². The van der Waals surface area contributed by atoms with Gasteiger partial charge in [0.25, 0.3) is 0 Å². The molecule has 22 heavy (non-hydrogen) atoms. The van der Waals surface area contributed by atoms with E-state index in [-0.39, 0.29) is 17.5 Å². The number of H-pyrrole nitrogens is 1. The number of alkyl carbamates (subject to hydrolysis) is 1. The van der Waals surface area contributed by atoms with Crippen molar-refractivity contribution < 1.29 is 9.53 Å². The minimum absolute atomic E-state index is 0.122. The molecule has 1 heterocycles. The van der Waals surface area contributed by atoms with Crippen molar-refractivity contribution in [1.82, 2.24) is 10.3 Å². The summed E-state index contributed by atoms with van der Waals surface area (Å²) in [7, 11) is 0. The number of thiazole rings is 1. The first-order valence-electron chi connectivity index (χ1n) is 7.19. The highest BCUT2D eigenvalue weighted by Crippen LogP contribution is 2.20. The molecule has 1 atom stereocenters. The molecule has 0 saturated carbocycles. The summed E-state index contributed by atoms with van der Waals surface area (Å²) in [5.74, 6) is 0.378. The van der Waals surface area contributed by atoms with Gasteiger partial charge in [-0.3, -0.25) is 4.79 Å². The van der Waals surface area contributed by atoms with Gasteiger partial charge in [-0.15, -0.1) is 0 Å². The molecular weight excluding hydrogens is 300 g/mol. The van der Waals surface area contributed by atoms with E-state index in [4.69, 9.17) is 4.74 Å². The van der Waals surface area contributed by atoms with Crippen molar-refractivity contribution in [3.63, 3.8) is 0 Å². The Labute approximate surface area is 133 Å². The second kappa shape index (κ2) is 7.79. The van der Waals surface area contributed by atoms with Crippen LogP contribution in [0.3, 0.4) is 0 Å². The molecule has 0 aliphatic carbocycles. The first-order chi connectivity index (χ1) is 10.5. The summed E-state index contributed by atoms with van der Waals surface area (Å²) in [6.07, 6.45) is 0.245. The SMILES string of the molecule is CC(C)C[C@H](NC(=O)OCc1ccccc1)c1csc(=O)[nH]1. The maximum absolute atomic E-state index is 12.0. The van der Waals surface area contributed by atoms with Gasteiger partial charge in [0.2, 0.25) is 0 Å². The van der Waals surface area contributed by atoms with E-state index >= 15 is 0 Å². The fourth-order valence-electron chi connectivity index (χ4n) is 2.11. The van der Waals surface area contributed by atoms with Gasteiger partial charge in [0.15, 0.2) is 0 Å². The van der Waals surface area contributed by atoms with Gasteiger partial charge in [0.1, 0.15) is 6.61 Å². The summed E-state index contributed by atoms with van der Waals surface area (Å²) < 4.78 is 5.23. The van der Waals surface area contributed by atoms with E-state index in [0.717, 1.165) is 29.0 Å². The smallest absolute Gasteiger partial charge is 0.408 e. The molecule has 6 heteroatoms. The number of aromatic amines is 1. The molecule has 1 aromatic carbocycles. The number of nitrogens with one attached hydrogen (secondary N) is 2. The van der Waals surface area contributed by atoms with Crippen molar-refractivity contribution in [2.45, 2.75) is 32.9 Å². The Morgan fingerprint density at radius 1 is 1.32 bits per heavy atom. The van der Waals surface area contributed by atoms with Gasteiger partial charge in [-0.2, -0.15) is 0 Å². The average molecular weight is 320 g/mol. The second-order valence-electron chi connectivity index (χ2n) is 5.49. The number of hydrogen-bond acceptors (Lipinski definition) is 4. The fraction of sp³-hybridized carbons (Fsp3) is 0.375. The monoisotopic (exact) mass is 320 g/mol. The minimum atomic E-state index is -0.485. The van der Waals surface area contributed by atoms with E-state index in [1.165, 1.54) is 0 Å². The lowest BCUT2D eigenvalue weighted by Crippen LogP contribution is -2.30. The lowest BCUT2D eigenvalue weighted by Gasteiger charge is -2.19. The van der Waals surface area contributed by atoms with Gasteiger partial charge in [-0.05, 0) is 17.9 Å². The Kier molecular flexibility index (Phi) is 5.77. The topological polar surface area (TPSA) is 71.2 Å². The molecule has 0 bridgehead atoms. The molecule has 0 fully saturated rings. The largest absolute Gasteiger partial charge is 0.445 e. The highest BCUT2D eigenvalue weighted by molar-refractivity contribution is 7.07. The van der Waals surface area contributed by atoms with Gasteiger partial charge in [0, 0.05) is 5.38 Å². The molecule has 0 spiro atoms. The van der Waals surface area contributed by atoms with Gasteiger partial charge >= 0.3 is 11.0 Å². The second-order valence-corrected chi connectivity index (χ2v) is 6.33. The molecule has 0 saturated heterocycles. The highest BCUT2D eigenvalue weighted by Gasteiger charge is 2.18. The molecule has 118 valence electrons. The van der Waals surface area contributed by atoms with Gasteiger partial charge in [-0.25, -0.2) is 4.79 Å². The summed E-state index contributed by atoms with van der Waals surface area (Å²) in [6.45, 7) is 4.35. The van der Waals surface area contributed by atoms with Crippen molar-refractivity contribution in [2.24, 2.45) is 5.92 Å². The van der Waals surface area contributed by atoms with Crippen molar-refractivity contribution in [3.8, 4) is 0 Å². The predicted molar refractivity (Wildman–Crippen MR) is 86.9 cm³/mol. The number of benzene rings is 1. The van der Waals surface area contributed by atoms with Crippen LogP contribution >= 0.6 is 11.3 Å². The Morgan fingerprint density at radius 2 is 2.05 bits per heavy atom. The Morgan fingerprint density at radius 3 is 2.64 bits per heavy atom. The van der Waals surface area contributed by atoms with Crippen LogP contribution in [-0.2, 0) is 11.3 Å². The quantitative estimate of drug-likeness (QED) is 0.856. The molecule has 0 aliphatic heterocycles. The third kappa shape index (κ3) is 5.04. The third-order valence-electron chi connectivity index (χ3n) is 3.13. The Hall–Kier alpha value is -2.08. The van der Waals surface area contributed by atoms with Crippen molar-refractivity contribution in [2.75, 3.05) is 0 Å². The summed E-state index contributed by atoms with van der Waals surface area (Å²) in [5, 5.41) is 4.57. The Balaban J connectivity index is 1.94. The molecule has 1 amide bonds. The van der Waals surface area contributed by atoms with Crippen molar-refractivity contribution >= 4 is 17.4 Å². The maximum Gasteiger partial charge on any atom is 0.408 e. The summed E-state index contributed by atoms with van der Waals surface area (Å²) >= 11 is 1.09. The fourth-order valence-corrected chi connectivity index (χ4v) is 2.74. The summed E-state index contributed by atoms with van der Waals surface area (Å²) in [4.78, 5) is 25.9. The number of carbonyl (C=O) groups excluding carboxylic acids is 1. The number of carbonyl (C=O) groups is 1. The molecular formula is C16H20N2O3S. The normalized spacial score (nSPS) is 12.1. The van der Waals surface area contributed by atoms with Crippen LogP contribution in [0.25, 0.3) is 0 Å². The van der Waals surface area contributed by atoms with E-state index in [2.05, 4.69) is 24.1 Å². The minimum Gasteiger partial charge on any atom is -0.445 e. The zero-order chi connectivity index (χ0) is 15.9. The van der Waals surface area contributed by atoms with Gasteiger partial charge in [-0.1, -0.05) is 55.5 Å². The first-order valence-corrected chi connectivity index (χ1v) is 8.07. The lowest BCUT2D eigenvalue weighted by atomic mass is 10.0. The van der Waals surface area contributed by atoms with Crippen molar-refractivity contribution in [1.29, 1.82) is 0 Å². The van der Waals surface area contributed by atoms with Crippen LogP contribution in [0.5, 0.6) is 0 Å². The van der Waals surface area contributed by atoms with Gasteiger partial charge in [0.05, 0.1) is 11.7 Å². The van der Waals surface area contributed by atoms with E-state index in [1.54, 1.807) is 5.38 Å². The van der Waals surface area contributed by atoms with Crippen LogP contribution in [0.4, 0.5) is 4.79 Å². The number of amides is 1. The molecule has 0 unspecified atom stereocenters. The molecule has 1 aromatic heterocycles. The van der Waals surface area contributed by atoms with Crippen LogP contribution in [-0.4, -0.2) is 11.1 Å². The summed E-state index contributed by atoms with van der Waals surface area (Å²) in [5.41, 5.74) is 1.65. The standard InChI is InChI=1S/C16H20N2O3S/c1-11(2)8-13(14-10-22-16(20)18-14)17-15(19)21-9-12-6-4-3-5-7-12/h3-7,10-11,13H,8-9H2,1-2H3,(H,17,19)(H,18,20)/t13-/m0/s1. The molecule has 0 aliphatic rings. The molecule has 2 aromatic rings. The molecule has 2 N–H and O–H groups in total. The van der Waals surface area contributed by atoms with E-state index in [1.807, 2.05) is 30.3 Å². The van der Waals surface area contributed by atoms with Crippen LogP contribution in [0.1, 0.15) is 37.6 Å². The lowest BCUT2D eigenvalue weighted by molar-refractivity contribution is 0.134. The maximum atomic E-state index is 12.0. The van der Waals surface area contributed by atoms with E-state index in [9.17, 15) is 9.59 Å². The third-order valence-corrected chi connectivity index (χ3v) is 3.81. The number of rotatable bonds is 6. The van der Waals surface area contributed by atoms with Gasteiger partial charge < -0.3 is 15.0 Å². The average Bonchev–Trinajstić information content (AvgIpc) is 2.92. The number of aromatic nitrogens is 1. The summed E-state index contributed by atoms with van der Waals surface area (Å²) in [6, 6.07) is 9.25. The number of hydrogen-bond donors (Lipinski definition) is 2.